The minimum Gasteiger partial charge on any atom is -0.337 e. The Hall–Kier alpha value is -1.92. The van der Waals surface area contributed by atoms with Crippen LogP contribution in [-0.4, -0.2) is 41.9 Å². The summed E-state index contributed by atoms with van der Waals surface area (Å²) in [4.78, 5) is 4.31. The van der Waals surface area contributed by atoms with E-state index in [4.69, 9.17) is 5.26 Å². The molecule has 134 valence electrons. The van der Waals surface area contributed by atoms with E-state index in [9.17, 15) is 8.42 Å². The van der Waals surface area contributed by atoms with Crippen molar-refractivity contribution in [3.05, 3.63) is 53.6 Å². The smallest absolute Gasteiger partial charge is 0.219 e. The number of aryl methyl sites for hydroxylation is 1. The maximum Gasteiger partial charge on any atom is 0.219 e. The predicted molar refractivity (Wildman–Crippen MR) is 96.6 cm³/mol. The van der Waals surface area contributed by atoms with Crippen molar-refractivity contribution in [3.63, 3.8) is 0 Å². The van der Waals surface area contributed by atoms with Gasteiger partial charge in [0.15, 0.2) is 0 Å². The molecule has 2 aromatic rings. The van der Waals surface area contributed by atoms with Crippen molar-refractivity contribution in [2.75, 3.05) is 19.6 Å². The van der Waals surface area contributed by atoms with Crippen LogP contribution in [0.4, 0.5) is 0 Å². The SMILES string of the molecule is Cl.Cn1ccnc1C1CNCCN1S(=O)(=O)Cc1cccc(C#N)c1. The van der Waals surface area contributed by atoms with Gasteiger partial charge in [-0.1, -0.05) is 12.1 Å². The van der Waals surface area contributed by atoms with Crippen LogP contribution in [0, 0.1) is 11.3 Å². The molecule has 0 saturated carbocycles. The van der Waals surface area contributed by atoms with Crippen molar-refractivity contribution in [1.29, 1.82) is 5.26 Å². The molecule has 1 aliphatic rings. The quantitative estimate of drug-likeness (QED) is 0.858. The van der Waals surface area contributed by atoms with Crippen LogP contribution in [-0.2, 0) is 22.8 Å². The van der Waals surface area contributed by atoms with Crippen molar-refractivity contribution < 1.29 is 8.42 Å². The zero-order chi connectivity index (χ0) is 17.2. The molecule has 0 bridgehead atoms. The Morgan fingerprint density at radius 1 is 1.44 bits per heavy atom. The first-order valence-corrected chi connectivity index (χ1v) is 9.28. The van der Waals surface area contributed by atoms with Crippen LogP contribution >= 0.6 is 12.4 Å². The summed E-state index contributed by atoms with van der Waals surface area (Å²) < 4.78 is 29.3. The van der Waals surface area contributed by atoms with Crippen LogP contribution in [0.15, 0.2) is 36.7 Å². The van der Waals surface area contributed by atoms with Gasteiger partial charge in [-0.05, 0) is 17.7 Å². The molecular formula is C16H20ClN5O2S. The Labute approximate surface area is 153 Å². The predicted octanol–water partition coefficient (Wildman–Crippen LogP) is 1.19. The number of aromatic nitrogens is 2. The van der Waals surface area contributed by atoms with E-state index in [-0.39, 0.29) is 24.2 Å². The summed E-state index contributed by atoms with van der Waals surface area (Å²) in [6.45, 7) is 1.54. The summed E-state index contributed by atoms with van der Waals surface area (Å²) in [5, 5.41) is 12.2. The zero-order valence-electron chi connectivity index (χ0n) is 13.8. The number of nitriles is 1. The zero-order valence-corrected chi connectivity index (χ0v) is 15.4. The number of hydrogen-bond donors (Lipinski definition) is 1. The minimum absolute atomic E-state index is 0. The maximum atomic E-state index is 12.9. The van der Waals surface area contributed by atoms with Crippen molar-refractivity contribution in [2.24, 2.45) is 7.05 Å². The molecule has 0 aliphatic carbocycles. The molecule has 25 heavy (non-hydrogen) atoms. The van der Waals surface area contributed by atoms with Crippen LogP contribution in [0.3, 0.4) is 0 Å². The molecule has 7 nitrogen and oxygen atoms in total. The molecule has 9 heteroatoms. The van der Waals surface area contributed by atoms with Crippen molar-refractivity contribution in [3.8, 4) is 6.07 Å². The van der Waals surface area contributed by atoms with E-state index in [1.165, 1.54) is 4.31 Å². The van der Waals surface area contributed by atoms with Crippen LogP contribution < -0.4 is 5.32 Å². The molecule has 1 saturated heterocycles. The fourth-order valence-electron chi connectivity index (χ4n) is 2.96. The normalized spacial score (nSPS) is 18.3. The molecule has 1 N–H and O–H groups in total. The molecule has 1 unspecified atom stereocenters. The summed E-state index contributed by atoms with van der Waals surface area (Å²) in [7, 11) is -1.66. The number of nitrogens with zero attached hydrogens (tertiary/aromatic N) is 4. The van der Waals surface area contributed by atoms with Gasteiger partial charge in [-0.15, -0.1) is 12.4 Å². The number of imidazole rings is 1. The molecule has 2 heterocycles. The van der Waals surface area contributed by atoms with Crippen LogP contribution in [0.1, 0.15) is 23.0 Å². The number of nitrogens with one attached hydrogen (secondary N) is 1. The topological polar surface area (TPSA) is 91.0 Å². The van der Waals surface area contributed by atoms with E-state index < -0.39 is 10.0 Å². The van der Waals surface area contributed by atoms with Gasteiger partial charge in [0.25, 0.3) is 0 Å². The highest BCUT2D eigenvalue weighted by atomic mass is 35.5. The second kappa shape index (κ2) is 7.97. The Bertz CT molecular complexity index is 875. The van der Waals surface area contributed by atoms with E-state index >= 15 is 0 Å². The average Bonchev–Trinajstić information content (AvgIpc) is 3.00. The molecular weight excluding hydrogens is 362 g/mol. The molecule has 1 aliphatic heterocycles. The van der Waals surface area contributed by atoms with Gasteiger partial charge in [0.1, 0.15) is 5.82 Å². The Balaban J connectivity index is 0.00000225. The summed E-state index contributed by atoms with van der Waals surface area (Å²) in [6, 6.07) is 8.43. The Morgan fingerprint density at radius 2 is 2.24 bits per heavy atom. The number of piperazine rings is 1. The van der Waals surface area contributed by atoms with Gasteiger partial charge in [-0.25, -0.2) is 13.4 Å². The summed E-state index contributed by atoms with van der Waals surface area (Å²) in [5.74, 6) is 0.597. The maximum absolute atomic E-state index is 12.9. The Kier molecular flexibility index (Phi) is 6.19. The average molecular weight is 382 g/mol. The van der Waals surface area contributed by atoms with Gasteiger partial charge in [0.2, 0.25) is 10.0 Å². The van der Waals surface area contributed by atoms with Gasteiger partial charge < -0.3 is 9.88 Å². The number of hydrogen-bond acceptors (Lipinski definition) is 5. The lowest BCUT2D eigenvalue weighted by Crippen LogP contribution is -2.49. The lowest BCUT2D eigenvalue weighted by Gasteiger charge is -2.34. The van der Waals surface area contributed by atoms with Crippen molar-refractivity contribution in [1.82, 2.24) is 19.2 Å². The number of benzene rings is 1. The lowest BCUT2D eigenvalue weighted by molar-refractivity contribution is 0.258. The third-order valence-electron chi connectivity index (χ3n) is 4.11. The highest BCUT2D eigenvalue weighted by Gasteiger charge is 2.35. The molecule has 1 fully saturated rings. The van der Waals surface area contributed by atoms with Crippen molar-refractivity contribution >= 4 is 22.4 Å². The van der Waals surface area contributed by atoms with Gasteiger partial charge in [0, 0.05) is 39.1 Å². The lowest BCUT2D eigenvalue weighted by atomic mass is 10.2. The number of sulfonamides is 1. The van der Waals surface area contributed by atoms with E-state index in [2.05, 4.69) is 10.3 Å². The van der Waals surface area contributed by atoms with Gasteiger partial charge in [0.05, 0.1) is 23.4 Å². The van der Waals surface area contributed by atoms with E-state index in [0.29, 0.717) is 30.8 Å². The van der Waals surface area contributed by atoms with E-state index in [1.807, 2.05) is 23.9 Å². The van der Waals surface area contributed by atoms with Crippen LogP contribution in [0.5, 0.6) is 0 Å². The minimum atomic E-state index is -3.52. The molecule has 3 rings (SSSR count). The van der Waals surface area contributed by atoms with E-state index in [0.717, 1.165) is 5.82 Å². The monoisotopic (exact) mass is 381 g/mol. The summed E-state index contributed by atoms with van der Waals surface area (Å²) in [5.41, 5.74) is 1.08. The summed E-state index contributed by atoms with van der Waals surface area (Å²) in [6.07, 6.45) is 3.48. The van der Waals surface area contributed by atoms with Gasteiger partial charge >= 0.3 is 0 Å². The molecule has 1 aromatic heterocycles. The highest BCUT2D eigenvalue weighted by Crippen LogP contribution is 2.25. The molecule has 1 aromatic carbocycles. The number of rotatable bonds is 4. The largest absolute Gasteiger partial charge is 0.337 e. The first-order chi connectivity index (χ1) is 11.5. The third kappa shape index (κ3) is 4.19. The summed E-state index contributed by atoms with van der Waals surface area (Å²) >= 11 is 0. The third-order valence-corrected chi connectivity index (χ3v) is 5.96. The Morgan fingerprint density at radius 3 is 2.92 bits per heavy atom. The standard InChI is InChI=1S/C16H19N5O2S.ClH/c1-20-7-6-19-16(20)15-11-18-5-8-21(15)24(22,23)12-14-4-2-3-13(9-14)10-17;/h2-4,6-7,9,15,18H,5,8,11-12H2,1H3;1H. The van der Waals surface area contributed by atoms with Crippen LogP contribution in [0.25, 0.3) is 0 Å². The van der Waals surface area contributed by atoms with Crippen LogP contribution in [0.2, 0.25) is 0 Å². The van der Waals surface area contributed by atoms with Gasteiger partial charge in [-0.3, -0.25) is 0 Å². The fourth-order valence-corrected chi connectivity index (χ4v) is 4.65. The van der Waals surface area contributed by atoms with Gasteiger partial charge in [-0.2, -0.15) is 9.57 Å². The molecule has 1 atom stereocenters. The molecule has 0 spiro atoms. The first kappa shape index (κ1) is 19.4. The first-order valence-electron chi connectivity index (χ1n) is 7.68. The number of halogens is 1. The molecule has 0 radical (unpaired) electrons. The fraction of sp³-hybridized carbons (Fsp3) is 0.375. The molecule has 0 amide bonds. The highest BCUT2D eigenvalue weighted by molar-refractivity contribution is 7.88. The van der Waals surface area contributed by atoms with E-state index in [1.54, 1.807) is 30.5 Å². The second-order valence-corrected chi connectivity index (χ2v) is 7.72. The van der Waals surface area contributed by atoms with Crippen molar-refractivity contribution in [2.45, 2.75) is 11.8 Å². The second-order valence-electron chi connectivity index (χ2n) is 5.80.